The fourth-order valence-corrected chi connectivity index (χ4v) is 7.26. The third kappa shape index (κ3) is 5.34. The van der Waals surface area contributed by atoms with E-state index >= 15 is 0 Å². The first-order valence-electron chi connectivity index (χ1n) is 14.1. The Labute approximate surface area is 200 Å². The molecule has 5 rings (SSSR count). The first-order valence-corrected chi connectivity index (χ1v) is 14.1. The van der Waals surface area contributed by atoms with Crippen LogP contribution in [0.25, 0.3) is 0 Å². The summed E-state index contributed by atoms with van der Waals surface area (Å²) in [4.78, 5) is 28.3. The summed E-state index contributed by atoms with van der Waals surface area (Å²) >= 11 is 0. The van der Waals surface area contributed by atoms with Gasteiger partial charge in [0.2, 0.25) is 11.8 Å². The van der Waals surface area contributed by atoms with E-state index in [1.165, 1.54) is 57.8 Å². The van der Waals surface area contributed by atoms with Crippen molar-refractivity contribution in [2.24, 2.45) is 29.6 Å². The predicted octanol–water partition coefficient (Wildman–Crippen LogP) is 5.88. The van der Waals surface area contributed by atoms with Crippen LogP contribution in [0.5, 0.6) is 0 Å². The SMILES string of the molecule is CC1CCC(OC2CCC(N3C(=O)C4CCC(C#CC5CCCCC5)CC4C3=O)CC2)CC1. The molecule has 5 aliphatic rings. The number of fused-ring (bicyclic) bond motifs is 1. The Morgan fingerprint density at radius 1 is 0.667 bits per heavy atom. The van der Waals surface area contributed by atoms with Crippen LogP contribution < -0.4 is 0 Å². The molecule has 0 aromatic heterocycles. The number of carbonyl (C=O) groups is 2. The molecule has 3 atom stereocenters. The second-order valence-corrected chi connectivity index (χ2v) is 11.8. The van der Waals surface area contributed by atoms with Crippen LogP contribution in [0.1, 0.15) is 110 Å². The molecule has 4 saturated carbocycles. The summed E-state index contributed by atoms with van der Waals surface area (Å²) < 4.78 is 6.43. The van der Waals surface area contributed by atoms with Crippen molar-refractivity contribution in [2.75, 3.05) is 0 Å². The number of likely N-dealkylation sites (tertiary alicyclic amines) is 1. The van der Waals surface area contributed by atoms with Crippen molar-refractivity contribution in [1.82, 2.24) is 4.90 Å². The third-order valence-electron chi connectivity index (χ3n) is 9.41. The minimum absolute atomic E-state index is 0.0802. The fraction of sp³-hybridized carbons (Fsp3) is 0.862. The maximum Gasteiger partial charge on any atom is 0.233 e. The molecule has 1 heterocycles. The molecule has 182 valence electrons. The van der Waals surface area contributed by atoms with Crippen LogP contribution in [0.3, 0.4) is 0 Å². The van der Waals surface area contributed by atoms with Gasteiger partial charge in [-0.2, -0.15) is 0 Å². The average molecular weight is 454 g/mol. The molecule has 4 aliphatic carbocycles. The summed E-state index contributed by atoms with van der Waals surface area (Å²) in [6.07, 6.45) is 18.6. The first kappa shape index (κ1) is 23.4. The zero-order valence-electron chi connectivity index (χ0n) is 20.6. The number of hydrogen-bond acceptors (Lipinski definition) is 3. The van der Waals surface area contributed by atoms with E-state index in [1.807, 2.05) is 0 Å². The number of hydrogen-bond donors (Lipinski definition) is 0. The molecule has 0 aromatic rings. The lowest BCUT2D eigenvalue weighted by atomic mass is 9.75. The summed E-state index contributed by atoms with van der Waals surface area (Å²) in [6.45, 7) is 2.34. The van der Waals surface area contributed by atoms with Crippen LogP contribution >= 0.6 is 0 Å². The molecule has 33 heavy (non-hydrogen) atoms. The van der Waals surface area contributed by atoms with Gasteiger partial charge in [-0.1, -0.05) is 38.0 Å². The number of ether oxygens (including phenoxy) is 1. The highest BCUT2D eigenvalue weighted by Crippen LogP contribution is 2.43. The molecule has 1 aliphatic heterocycles. The van der Waals surface area contributed by atoms with Crippen LogP contribution in [0.15, 0.2) is 0 Å². The van der Waals surface area contributed by atoms with Gasteiger partial charge in [-0.25, -0.2) is 0 Å². The van der Waals surface area contributed by atoms with Crippen molar-refractivity contribution in [3.63, 3.8) is 0 Å². The van der Waals surface area contributed by atoms with Gasteiger partial charge in [0.25, 0.3) is 0 Å². The lowest BCUT2D eigenvalue weighted by Gasteiger charge is -2.36. The Morgan fingerprint density at radius 2 is 1.27 bits per heavy atom. The van der Waals surface area contributed by atoms with Crippen molar-refractivity contribution >= 4 is 11.8 Å². The summed E-state index contributed by atoms with van der Waals surface area (Å²) in [6, 6.07) is 0.0913. The van der Waals surface area contributed by atoms with Gasteiger partial charge in [-0.15, -0.1) is 0 Å². The van der Waals surface area contributed by atoms with Gasteiger partial charge in [0.1, 0.15) is 0 Å². The minimum Gasteiger partial charge on any atom is -0.375 e. The molecule has 0 spiro atoms. The lowest BCUT2D eigenvalue weighted by Crippen LogP contribution is -2.44. The topological polar surface area (TPSA) is 46.6 Å². The number of rotatable bonds is 3. The smallest absolute Gasteiger partial charge is 0.233 e. The van der Waals surface area contributed by atoms with Crippen LogP contribution in [-0.2, 0) is 14.3 Å². The normalized spacial score (nSPS) is 40.3. The largest absolute Gasteiger partial charge is 0.375 e. The molecular weight excluding hydrogens is 410 g/mol. The fourth-order valence-electron chi connectivity index (χ4n) is 7.26. The Hall–Kier alpha value is -1.34. The van der Waals surface area contributed by atoms with E-state index in [4.69, 9.17) is 4.74 Å². The highest BCUT2D eigenvalue weighted by molar-refractivity contribution is 6.05. The van der Waals surface area contributed by atoms with Crippen molar-refractivity contribution in [2.45, 2.75) is 128 Å². The molecule has 0 N–H and O–H groups in total. The summed E-state index contributed by atoms with van der Waals surface area (Å²) in [5, 5.41) is 0. The standard InChI is InChI=1S/C29H43NO3/c1-20-7-14-24(15-8-20)33-25-16-12-23(13-17-25)30-28(31)26-18-11-22(19-27(26)29(30)32)10-9-21-5-3-2-4-6-21/h20-27H,2-8,11-19H2,1H3. The molecule has 0 bridgehead atoms. The van der Waals surface area contributed by atoms with Crippen molar-refractivity contribution < 1.29 is 14.3 Å². The van der Waals surface area contributed by atoms with Crippen molar-refractivity contribution in [1.29, 1.82) is 0 Å². The van der Waals surface area contributed by atoms with E-state index in [1.54, 1.807) is 4.90 Å². The van der Waals surface area contributed by atoms with Crippen molar-refractivity contribution in [3.8, 4) is 11.8 Å². The second kappa shape index (κ2) is 10.5. The lowest BCUT2D eigenvalue weighted by molar-refractivity contribution is -0.144. The van der Waals surface area contributed by atoms with E-state index in [-0.39, 0.29) is 29.7 Å². The second-order valence-electron chi connectivity index (χ2n) is 11.8. The molecule has 4 nitrogen and oxygen atoms in total. The van der Waals surface area contributed by atoms with Crippen LogP contribution in [-0.4, -0.2) is 35.0 Å². The van der Waals surface area contributed by atoms with Gasteiger partial charge < -0.3 is 4.74 Å². The van der Waals surface area contributed by atoms with E-state index < -0.39 is 0 Å². The highest BCUT2D eigenvalue weighted by atomic mass is 16.5. The van der Waals surface area contributed by atoms with Crippen LogP contribution in [0.4, 0.5) is 0 Å². The summed E-state index contributed by atoms with van der Waals surface area (Å²) in [5.74, 6) is 8.80. The molecule has 1 saturated heterocycles. The van der Waals surface area contributed by atoms with Gasteiger partial charge in [0.15, 0.2) is 0 Å². The number of amides is 2. The highest BCUT2D eigenvalue weighted by Gasteiger charge is 2.52. The number of carbonyl (C=O) groups excluding carboxylic acids is 2. The zero-order chi connectivity index (χ0) is 22.8. The van der Waals surface area contributed by atoms with Gasteiger partial charge in [-0.05, 0) is 89.4 Å². The van der Waals surface area contributed by atoms with Gasteiger partial charge in [0, 0.05) is 17.9 Å². The maximum absolute atomic E-state index is 13.4. The molecule has 0 aromatic carbocycles. The van der Waals surface area contributed by atoms with Crippen molar-refractivity contribution in [3.05, 3.63) is 0 Å². The maximum atomic E-state index is 13.4. The Balaban J connectivity index is 1.13. The molecular formula is C29H43NO3. The van der Waals surface area contributed by atoms with Gasteiger partial charge in [-0.3, -0.25) is 14.5 Å². The summed E-state index contributed by atoms with van der Waals surface area (Å²) in [5.41, 5.74) is 0. The molecule has 2 amide bonds. The van der Waals surface area contributed by atoms with Gasteiger partial charge in [0.05, 0.1) is 24.0 Å². The minimum atomic E-state index is -0.116. The summed E-state index contributed by atoms with van der Waals surface area (Å²) in [7, 11) is 0. The van der Waals surface area contributed by atoms with E-state index in [9.17, 15) is 9.59 Å². The van der Waals surface area contributed by atoms with Gasteiger partial charge >= 0.3 is 0 Å². The Bertz CT molecular complexity index is 759. The van der Waals surface area contributed by atoms with E-state index in [2.05, 4.69) is 18.8 Å². The van der Waals surface area contributed by atoms with Crippen LogP contribution in [0.2, 0.25) is 0 Å². The Morgan fingerprint density at radius 3 is 1.97 bits per heavy atom. The van der Waals surface area contributed by atoms with E-state index in [0.717, 1.165) is 50.9 Å². The number of imide groups is 1. The average Bonchev–Trinajstić information content (AvgIpc) is 3.10. The molecule has 0 radical (unpaired) electrons. The first-order chi connectivity index (χ1) is 16.1. The number of nitrogens with zero attached hydrogens (tertiary/aromatic N) is 1. The predicted molar refractivity (Wildman–Crippen MR) is 129 cm³/mol. The van der Waals surface area contributed by atoms with E-state index in [0.29, 0.717) is 24.0 Å². The third-order valence-corrected chi connectivity index (χ3v) is 9.41. The molecule has 5 fully saturated rings. The molecule has 3 unspecified atom stereocenters. The quantitative estimate of drug-likeness (QED) is 0.396. The Kier molecular flexibility index (Phi) is 7.45. The van der Waals surface area contributed by atoms with Crippen LogP contribution in [0, 0.1) is 41.4 Å². The molecule has 4 heteroatoms. The monoisotopic (exact) mass is 453 g/mol. The zero-order valence-corrected chi connectivity index (χ0v) is 20.6.